The van der Waals surface area contributed by atoms with E-state index >= 15 is 0 Å². The molecule has 0 saturated heterocycles. The number of benzene rings is 1. The Balaban J connectivity index is 0.00000361. The van der Waals surface area contributed by atoms with Gasteiger partial charge in [-0.05, 0) is 31.2 Å². The Hall–Kier alpha value is -1.31. The van der Waals surface area contributed by atoms with E-state index in [1.54, 1.807) is 6.92 Å². The molecule has 0 heterocycles. The molecule has 1 rings (SSSR count). The van der Waals surface area contributed by atoms with Crippen LogP contribution in [-0.2, 0) is 19.4 Å². The van der Waals surface area contributed by atoms with Gasteiger partial charge in [-0.25, -0.2) is 13.2 Å². The minimum Gasteiger partial charge on any atom is -0.464 e. The highest BCUT2D eigenvalue weighted by Crippen LogP contribution is 2.14. The highest BCUT2D eigenvalue weighted by Gasteiger charge is 2.18. The van der Waals surface area contributed by atoms with Crippen molar-refractivity contribution < 1.29 is 23.1 Å². The van der Waals surface area contributed by atoms with Gasteiger partial charge < -0.3 is 15.2 Å². The maximum Gasteiger partial charge on any atom is 0.330 e. The number of rotatable bonds is 6. The summed E-state index contributed by atoms with van der Waals surface area (Å²) in [5.41, 5.74) is 0.527. The molecule has 0 aliphatic rings. The number of sulfone groups is 1. The lowest BCUT2D eigenvalue weighted by Crippen LogP contribution is -2.34. The van der Waals surface area contributed by atoms with Crippen LogP contribution in [0.1, 0.15) is 6.92 Å². The van der Waals surface area contributed by atoms with Gasteiger partial charge >= 0.3 is 5.97 Å². The third kappa shape index (κ3) is 5.36. The van der Waals surface area contributed by atoms with Gasteiger partial charge in [0.2, 0.25) is 0 Å². The van der Waals surface area contributed by atoms with E-state index in [1.165, 1.54) is 24.3 Å². The molecule has 1 atom stereocenters. The average molecular weight is 324 g/mol. The second-order valence-corrected chi connectivity index (χ2v) is 5.94. The summed E-state index contributed by atoms with van der Waals surface area (Å²) in [6.07, 6.45) is 1.12. The van der Waals surface area contributed by atoms with Gasteiger partial charge in [-0.15, -0.1) is 12.4 Å². The van der Waals surface area contributed by atoms with Crippen LogP contribution in [0.15, 0.2) is 29.2 Å². The van der Waals surface area contributed by atoms with Crippen LogP contribution >= 0.6 is 12.4 Å². The Morgan fingerprint density at radius 2 is 1.90 bits per heavy atom. The molecule has 2 N–H and O–H groups in total. The molecular weight excluding hydrogens is 306 g/mol. The summed E-state index contributed by atoms with van der Waals surface area (Å²) in [5, 5.41) is 11.9. The highest BCUT2D eigenvalue weighted by atomic mass is 35.5. The summed E-state index contributed by atoms with van der Waals surface area (Å²) in [6.45, 7) is 1.49. The molecule has 0 amide bonds. The van der Waals surface area contributed by atoms with Gasteiger partial charge in [0.05, 0.1) is 18.1 Å². The molecule has 0 aromatic heterocycles. The lowest BCUT2D eigenvalue weighted by molar-refractivity contribution is -0.144. The van der Waals surface area contributed by atoms with Crippen LogP contribution in [0.3, 0.4) is 0 Å². The zero-order valence-electron chi connectivity index (χ0n) is 11.2. The van der Waals surface area contributed by atoms with Crippen LogP contribution in [0.4, 0.5) is 5.69 Å². The fourth-order valence-corrected chi connectivity index (χ4v) is 2.05. The number of carbonyl (C=O) groups is 1. The second kappa shape index (κ2) is 8.08. The molecule has 0 saturated carbocycles. The van der Waals surface area contributed by atoms with Gasteiger partial charge in [0.15, 0.2) is 9.84 Å². The van der Waals surface area contributed by atoms with Crippen molar-refractivity contribution in [2.24, 2.45) is 0 Å². The number of anilines is 1. The molecule has 114 valence electrons. The average Bonchev–Trinajstić information content (AvgIpc) is 2.35. The molecule has 0 bridgehead atoms. The van der Waals surface area contributed by atoms with E-state index in [0.29, 0.717) is 5.69 Å². The zero-order chi connectivity index (χ0) is 14.5. The van der Waals surface area contributed by atoms with Gasteiger partial charge in [0.1, 0.15) is 6.04 Å². The molecule has 0 aliphatic carbocycles. The van der Waals surface area contributed by atoms with E-state index in [4.69, 9.17) is 9.84 Å². The monoisotopic (exact) mass is 323 g/mol. The number of hydrogen-bond donors (Lipinski definition) is 2. The first-order valence-corrected chi connectivity index (χ1v) is 7.61. The maximum atomic E-state index is 11.5. The Morgan fingerprint density at radius 3 is 2.30 bits per heavy atom. The first-order chi connectivity index (χ1) is 8.88. The Kier molecular flexibility index (Phi) is 7.55. The van der Waals surface area contributed by atoms with Crippen LogP contribution in [0, 0.1) is 0 Å². The molecule has 20 heavy (non-hydrogen) atoms. The number of nitrogens with one attached hydrogen (secondary N) is 1. The van der Waals surface area contributed by atoms with Crippen LogP contribution in [0.25, 0.3) is 0 Å². The van der Waals surface area contributed by atoms with E-state index in [-0.39, 0.29) is 23.9 Å². The fraction of sp³-hybridized carbons (Fsp3) is 0.417. The van der Waals surface area contributed by atoms with E-state index in [9.17, 15) is 13.2 Å². The summed E-state index contributed by atoms with van der Waals surface area (Å²) in [6, 6.07) is 5.04. The van der Waals surface area contributed by atoms with Crippen molar-refractivity contribution in [3.8, 4) is 0 Å². The molecule has 0 aliphatic heterocycles. The third-order valence-corrected chi connectivity index (χ3v) is 3.51. The van der Waals surface area contributed by atoms with Gasteiger partial charge in [0.25, 0.3) is 0 Å². The number of halogens is 1. The lowest BCUT2D eigenvalue weighted by Gasteiger charge is -2.16. The van der Waals surface area contributed by atoms with Crippen molar-refractivity contribution in [1.82, 2.24) is 0 Å². The topological polar surface area (TPSA) is 92.7 Å². The van der Waals surface area contributed by atoms with Crippen molar-refractivity contribution in [2.75, 3.05) is 24.8 Å². The number of hydrogen-bond acceptors (Lipinski definition) is 6. The second-order valence-electron chi connectivity index (χ2n) is 3.93. The maximum absolute atomic E-state index is 11.5. The molecular formula is C12H18ClNO5S. The van der Waals surface area contributed by atoms with Crippen LogP contribution in [-0.4, -0.2) is 45.0 Å². The number of carbonyl (C=O) groups excluding carboxylic acids is 1. The predicted molar refractivity (Wildman–Crippen MR) is 77.9 cm³/mol. The van der Waals surface area contributed by atoms with E-state index in [2.05, 4.69) is 5.32 Å². The van der Waals surface area contributed by atoms with Crippen molar-refractivity contribution >= 4 is 33.9 Å². The summed E-state index contributed by atoms with van der Waals surface area (Å²) in [5.74, 6) is -0.558. The third-order valence-electron chi connectivity index (χ3n) is 2.38. The van der Waals surface area contributed by atoms with Crippen molar-refractivity contribution in [1.29, 1.82) is 0 Å². The molecule has 0 spiro atoms. The molecule has 0 unspecified atom stereocenters. The molecule has 0 fully saturated rings. The number of aliphatic hydroxyl groups excluding tert-OH is 1. The molecule has 1 aromatic carbocycles. The minimum atomic E-state index is -3.25. The molecule has 0 radical (unpaired) electrons. The molecule has 6 nitrogen and oxygen atoms in total. The quantitative estimate of drug-likeness (QED) is 0.754. The summed E-state index contributed by atoms with van der Waals surface area (Å²) in [7, 11) is -3.25. The van der Waals surface area contributed by atoms with Crippen LogP contribution in [0.5, 0.6) is 0 Å². The Morgan fingerprint density at radius 1 is 1.35 bits per heavy atom. The Bertz CT molecular complexity index is 529. The minimum absolute atomic E-state index is 0. The van der Waals surface area contributed by atoms with Gasteiger partial charge in [-0.3, -0.25) is 0 Å². The van der Waals surface area contributed by atoms with Crippen molar-refractivity contribution in [2.45, 2.75) is 17.9 Å². The van der Waals surface area contributed by atoms with Gasteiger partial charge in [-0.1, -0.05) is 0 Å². The van der Waals surface area contributed by atoms with Crippen LogP contribution < -0.4 is 5.32 Å². The first-order valence-electron chi connectivity index (χ1n) is 5.72. The van der Waals surface area contributed by atoms with E-state index in [1.807, 2.05) is 0 Å². The molecule has 1 aromatic rings. The summed E-state index contributed by atoms with van der Waals surface area (Å²) < 4.78 is 27.4. The number of esters is 1. The van der Waals surface area contributed by atoms with E-state index in [0.717, 1.165) is 6.26 Å². The SMILES string of the molecule is CCOC(=O)[C@H](CO)Nc1ccc(S(C)(=O)=O)cc1.Cl. The molecule has 8 heteroatoms. The Labute approximate surface area is 124 Å². The van der Waals surface area contributed by atoms with E-state index < -0.39 is 28.5 Å². The standard InChI is InChI=1S/C12H17NO5S.ClH/c1-3-18-12(15)11(8-14)13-9-4-6-10(7-5-9)19(2,16)17;/h4-7,11,13-14H,3,8H2,1-2H3;1H/t11-;/m0./s1. The first kappa shape index (κ1) is 18.7. The highest BCUT2D eigenvalue weighted by molar-refractivity contribution is 7.90. The normalized spacial score (nSPS) is 12.2. The predicted octanol–water partition coefficient (Wildman–Crippen LogP) is 0.848. The fourth-order valence-electron chi connectivity index (χ4n) is 1.42. The summed E-state index contributed by atoms with van der Waals surface area (Å²) in [4.78, 5) is 11.7. The van der Waals surface area contributed by atoms with Gasteiger partial charge in [-0.2, -0.15) is 0 Å². The lowest BCUT2D eigenvalue weighted by atomic mass is 10.2. The van der Waals surface area contributed by atoms with Crippen molar-refractivity contribution in [3.63, 3.8) is 0 Å². The smallest absolute Gasteiger partial charge is 0.330 e. The largest absolute Gasteiger partial charge is 0.464 e. The van der Waals surface area contributed by atoms with Gasteiger partial charge in [0, 0.05) is 11.9 Å². The number of ether oxygens (including phenoxy) is 1. The number of aliphatic hydroxyl groups is 1. The van der Waals surface area contributed by atoms with Crippen molar-refractivity contribution in [3.05, 3.63) is 24.3 Å². The summed E-state index contributed by atoms with van der Waals surface area (Å²) >= 11 is 0. The van der Waals surface area contributed by atoms with Crippen LogP contribution in [0.2, 0.25) is 0 Å². The zero-order valence-corrected chi connectivity index (χ0v) is 12.8.